The maximum atomic E-state index is 12.4. The highest BCUT2D eigenvalue weighted by molar-refractivity contribution is 5.81. The highest BCUT2D eigenvalue weighted by Crippen LogP contribution is 2.25. The van der Waals surface area contributed by atoms with Gasteiger partial charge in [0.2, 0.25) is 0 Å². The number of ether oxygens (including phenoxy) is 1. The molecule has 0 bridgehead atoms. The monoisotopic (exact) mass is 254 g/mol. The second-order valence-corrected chi connectivity index (χ2v) is 5.65. The first kappa shape index (κ1) is 13.8. The van der Waals surface area contributed by atoms with Crippen molar-refractivity contribution in [1.82, 2.24) is 4.90 Å². The first-order valence-corrected chi connectivity index (χ1v) is 7.34. The fraction of sp³-hybridized carbons (Fsp3) is 0.929. The van der Waals surface area contributed by atoms with Gasteiger partial charge in [-0.2, -0.15) is 0 Å². The number of hydrogen-bond acceptors (Lipinski definition) is 3. The van der Waals surface area contributed by atoms with E-state index in [0.717, 1.165) is 25.7 Å². The number of rotatable bonds is 3. The van der Waals surface area contributed by atoms with Crippen LogP contribution in [0.5, 0.6) is 0 Å². The molecule has 1 aliphatic carbocycles. The highest BCUT2D eigenvalue weighted by Gasteiger charge is 2.33. The van der Waals surface area contributed by atoms with Crippen LogP contribution < -0.4 is 5.73 Å². The SMILES string of the molecule is CN(C(=O)[C@@H]1CC[C@H](CN)O1)C1CCCCCC1. The number of likely N-dealkylation sites (N-methyl/N-ethyl adjacent to an activating group) is 1. The summed E-state index contributed by atoms with van der Waals surface area (Å²) in [4.78, 5) is 14.3. The second-order valence-electron chi connectivity index (χ2n) is 5.65. The number of carbonyl (C=O) groups excluding carboxylic acids is 1. The van der Waals surface area contributed by atoms with Gasteiger partial charge in [-0.25, -0.2) is 0 Å². The molecule has 2 fully saturated rings. The average molecular weight is 254 g/mol. The van der Waals surface area contributed by atoms with Gasteiger partial charge in [0, 0.05) is 19.6 Å². The molecular formula is C14H26N2O2. The van der Waals surface area contributed by atoms with Gasteiger partial charge in [-0.1, -0.05) is 25.7 Å². The molecule has 4 heteroatoms. The third kappa shape index (κ3) is 3.23. The van der Waals surface area contributed by atoms with E-state index in [1.165, 1.54) is 25.7 Å². The van der Waals surface area contributed by atoms with E-state index in [-0.39, 0.29) is 18.1 Å². The summed E-state index contributed by atoms with van der Waals surface area (Å²) in [5.41, 5.74) is 5.59. The van der Waals surface area contributed by atoms with Crippen LogP contribution >= 0.6 is 0 Å². The fourth-order valence-electron chi connectivity index (χ4n) is 3.11. The Morgan fingerprint density at radius 3 is 2.39 bits per heavy atom. The predicted molar refractivity (Wildman–Crippen MR) is 71.2 cm³/mol. The van der Waals surface area contributed by atoms with Crippen molar-refractivity contribution in [2.75, 3.05) is 13.6 Å². The van der Waals surface area contributed by atoms with Gasteiger partial charge in [0.25, 0.3) is 5.91 Å². The fourth-order valence-corrected chi connectivity index (χ4v) is 3.11. The molecular weight excluding hydrogens is 228 g/mol. The van der Waals surface area contributed by atoms with Crippen LogP contribution in [0.3, 0.4) is 0 Å². The molecule has 0 aromatic heterocycles. The lowest BCUT2D eigenvalue weighted by Gasteiger charge is -2.29. The molecule has 0 aromatic rings. The average Bonchev–Trinajstić information content (AvgIpc) is 2.71. The van der Waals surface area contributed by atoms with Gasteiger partial charge >= 0.3 is 0 Å². The topological polar surface area (TPSA) is 55.6 Å². The molecule has 1 saturated heterocycles. The maximum absolute atomic E-state index is 12.4. The zero-order chi connectivity index (χ0) is 13.0. The zero-order valence-electron chi connectivity index (χ0n) is 11.4. The molecule has 4 nitrogen and oxygen atoms in total. The molecule has 2 atom stereocenters. The molecule has 1 aliphatic heterocycles. The first-order chi connectivity index (χ1) is 8.72. The maximum Gasteiger partial charge on any atom is 0.251 e. The number of hydrogen-bond donors (Lipinski definition) is 1. The molecule has 0 spiro atoms. The molecule has 0 unspecified atom stereocenters. The van der Waals surface area contributed by atoms with Crippen LogP contribution in [0.25, 0.3) is 0 Å². The molecule has 18 heavy (non-hydrogen) atoms. The van der Waals surface area contributed by atoms with Crippen molar-refractivity contribution in [2.24, 2.45) is 5.73 Å². The van der Waals surface area contributed by atoms with E-state index >= 15 is 0 Å². The molecule has 2 aliphatic rings. The van der Waals surface area contributed by atoms with Gasteiger partial charge in [-0.15, -0.1) is 0 Å². The molecule has 2 rings (SSSR count). The lowest BCUT2D eigenvalue weighted by molar-refractivity contribution is -0.143. The van der Waals surface area contributed by atoms with Crippen molar-refractivity contribution in [2.45, 2.75) is 69.6 Å². The summed E-state index contributed by atoms with van der Waals surface area (Å²) in [6.45, 7) is 0.525. The highest BCUT2D eigenvalue weighted by atomic mass is 16.5. The Hall–Kier alpha value is -0.610. The summed E-state index contributed by atoms with van der Waals surface area (Å²) in [6, 6.07) is 0.417. The van der Waals surface area contributed by atoms with Crippen molar-refractivity contribution in [3.63, 3.8) is 0 Å². The quantitative estimate of drug-likeness (QED) is 0.780. The number of carbonyl (C=O) groups is 1. The minimum absolute atomic E-state index is 0.0847. The lowest BCUT2D eigenvalue weighted by atomic mass is 10.1. The van der Waals surface area contributed by atoms with Gasteiger partial charge in [0.15, 0.2) is 0 Å². The Bertz CT molecular complexity index is 275. The van der Waals surface area contributed by atoms with E-state index in [1.807, 2.05) is 11.9 Å². The summed E-state index contributed by atoms with van der Waals surface area (Å²) < 4.78 is 5.70. The second kappa shape index (κ2) is 6.53. The van der Waals surface area contributed by atoms with Gasteiger partial charge in [0.1, 0.15) is 6.10 Å². The van der Waals surface area contributed by atoms with Crippen LogP contribution in [-0.2, 0) is 9.53 Å². The van der Waals surface area contributed by atoms with Crippen molar-refractivity contribution in [1.29, 1.82) is 0 Å². The smallest absolute Gasteiger partial charge is 0.251 e. The predicted octanol–water partition coefficient (Wildman–Crippen LogP) is 1.67. The van der Waals surface area contributed by atoms with Crippen LogP contribution in [0.2, 0.25) is 0 Å². The Labute approximate surface area is 110 Å². The largest absolute Gasteiger partial charge is 0.364 e. The molecule has 2 N–H and O–H groups in total. The van der Waals surface area contributed by atoms with E-state index in [9.17, 15) is 4.79 Å². The van der Waals surface area contributed by atoms with Crippen molar-refractivity contribution < 1.29 is 9.53 Å². The molecule has 1 amide bonds. The van der Waals surface area contributed by atoms with Crippen LogP contribution in [0.4, 0.5) is 0 Å². The summed E-state index contributed by atoms with van der Waals surface area (Å²) in [5, 5.41) is 0. The Morgan fingerprint density at radius 2 is 1.83 bits per heavy atom. The van der Waals surface area contributed by atoms with E-state index < -0.39 is 0 Å². The molecule has 0 aromatic carbocycles. The standard InChI is InChI=1S/C14H26N2O2/c1-16(11-6-4-2-3-5-7-11)14(17)13-9-8-12(10-15)18-13/h11-13H,2-10,15H2,1H3/t12-,13+/m1/s1. The third-order valence-corrected chi connectivity index (χ3v) is 4.37. The normalized spacial score (nSPS) is 30.1. The summed E-state index contributed by atoms with van der Waals surface area (Å²) in [7, 11) is 1.94. The number of amides is 1. The van der Waals surface area contributed by atoms with Crippen LogP contribution in [0, 0.1) is 0 Å². The summed E-state index contributed by atoms with van der Waals surface area (Å²) in [6.07, 6.45) is 9.02. The summed E-state index contributed by atoms with van der Waals surface area (Å²) in [5.74, 6) is 0.165. The molecule has 0 radical (unpaired) electrons. The minimum atomic E-state index is -0.244. The van der Waals surface area contributed by atoms with E-state index in [0.29, 0.717) is 12.6 Å². The Kier molecular flexibility index (Phi) is 5.01. The van der Waals surface area contributed by atoms with E-state index in [2.05, 4.69) is 0 Å². The third-order valence-electron chi connectivity index (χ3n) is 4.37. The summed E-state index contributed by atoms with van der Waals surface area (Å²) >= 11 is 0. The van der Waals surface area contributed by atoms with Gasteiger partial charge in [0.05, 0.1) is 6.10 Å². The van der Waals surface area contributed by atoms with Crippen molar-refractivity contribution in [3.8, 4) is 0 Å². The van der Waals surface area contributed by atoms with Gasteiger partial charge in [-0.05, 0) is 25.7 Å². The minimum Gasteiger partial charge on any atom is -0.364 e. The van der Waals surface area contributed by atoms with E-state index in [1.54, 1.807) is 0 Å². The first-order valence-electron chi connectivity index (χ1n) is 7.34. The zero-order valence-corrected chi connectivity index (χ0v) is 11.4. The van der Waals surface area contributed by atoms with Crippen molar-refractivity contribution >= 4 is 5.91 Å². The lowest BCUT2D eigenvalue weighted by Crippen LogP contribution is -2.43. The van der Waals surface area contributed by atoms with Crippen LogP contribution in [0.15, 0.2) is 0 Å². The molecule has 1 saturated carbocycles. The van der Waals surface area contributed by atoms with Crippen molar-refractivity contribution in [3.05, 3.63) is 0 Å². The Balaban J connectivity index is 1.87. The Morgan fingerprint density at radius 1 is 1.17 bits per heavy atom. The van der Waals surface area contributed by atoms with Gasteiger partial charge in [-0.3, -0.25) is 4.79 Å². The molecule has 104 valence electrons. The van der Waals surface area contributed by atoms with Crippen LogP contribution in [0.1, 0.15) is 51.4 Å². The van der Waals surface area contributed by atoms with Crippen LogP contribution in [-0.4, -0.2) is 42.6 Å². The van der Waals surface area contributed by atoms with E-state index in [4.69, 9.17) is 10.5 Å². The number of nitrogens with two attached hydrogens (primary N) is 1. The van der Waals surface area contributed by atoms with Gasteiger partial charge < -0.3 is 15.4 Å². The number of nitrogens with zero attached hydrogens (tertiary/aromatic N) is 1. The molecule has 1 heterocycles.